The van der Waals surface area contributed by atoms with Crippen LogP contribution in [-0.2, 0) is 20.4 Å². The maximum atomic E-state index is 12.4. The molecule has 120 valence electrons. The molecule has 1 aromatic rings. The Morgan fingerprint density at radius 2 is 1.82 bits per heavy atom. The Labute approximate surface area is 130 Å². The quantitative estimate of drug-likeness (QED) is 0.792. The molecular formula is C15H15F3O3S. The van der Waals surface area contributed by atoms with E-state index in [0.717, 1.165) is 12.1 Å². The monoisotopic (exact) mass is 332 g/mol. The largest absolute Gasteiger partial charge is 0.416 e. The molecule has 7 heteroatoms. The van der Waals surface area contributed by atoms with E-state index >= 15 is 0 Å². The van der Waals surface area contributed by atoms with Crippen molar-refractivity contribution in [3.63, 3.8) is 0 Å². The van der Waals surface area contributed by atoms with Gasteiger partial charge >= 0.3 is 6.18 Å². The van der Waals surface area contributed by atoms with Gasteiger partial charge in [-0.3, -0.25) is 4.79 Å². The van der Waals surface area contributed by atoms with Crippen molar-refractivity contribution in [3.05, 3.63) is 41.5 Å². The Morgan fingerprint density at radius 1 is 1.23 bits per heavy atom. The maximum absolute atomic E-state index is 12.4. The zero-order chi connectivity index (χ0) is 16.2. The molecule has 1 fully saturated rings. The van der Waals surface area contributed by atoms with Gasteiger partial charge in [-0.05, 0) is 30.0 Å². The van der Waals surface area contributed by atoms with Crippen LogP contribution in [0.25, 0.3) is 6.08 Å². The summed E-state index contributed by atoms with van der Waals surface area (Å²) >= 11 is 1.60. The summed E-state index contributed by atoms with van der Waals surface area (Å²) in [5, 5.41) is 0.211. The number of carbonyl (C=O) groups excluding carboxylic acids is 1. The second-order valence-electron chi connectivity index (χ2n) is 4.71. The number of carbonyl (C=O) groups is 1. The zero-order valence-corrected chi connectivity index (χ0v) is 12.6. The fourth-order valence-corrected chi connectivity index (χ4v) is 2.26. The molecule has 0 radical (unpaired) electrons. The van der Waals surface area contributed by atoms with E-state index in [1.807, 2.05) is 6.26 Å². The highest BCUT2D eigenvalue weighted by Crippen LogP contribution is 2.29. The Balaban J connectivity index is 1.93. The number of alkyl halides is 3. The molecule has 1 aromatic carbocycles. The van der Waals surface area contributed by atoms with Crippen LogP contribution in [0.4, 0.5) is 13.2 Å². The van der Waals surface area contributed by atoms with Crippen LogP contribution >= 0.6 is 11.8 Å². The van der Waals surface area contributed by atoms with Gasteiger partial charge in [0.25, 0.3) is 0 Å². The number of hydrogen-bond acceptors (Lipinski definition) is 4. The van der Waals surface area contributed by atoms with E-state index < -0.39 is 18.0 Å². The molecule has 1 aliphatic rings. The topological polar surface area (TPSA) is 35.5 Å². The molecule has 1 heterocycles. The first kappa shape index (κ1) is 17.1. The summed E-state index contributed by atoms with van der Waals surface area (Å²) in [6, 6.07) is 4.56. The lowest BCUT2D eigenvalue weighted by Gasteiger charge is -2.26. The third-order valence-corrected chi connectivity index (χ3v) is 4.05. The summed E-state index contributed by atoms with van der Waals surface area (Å²) in [5.41, 5.74) is -0.225. The lowest BCUT2D eigenvalue weighted by molar-refractivity contribution is -0.182. The van der Waals surface area contributed by atoms with Gasteiger partial charge in [0.1, 0.15) is 0 Å². The van der Waals surface area contributed by atoms with Gasteiger partial charge in [0.05, 0.1) is 24.0 Å². The molecular weight excluding hydrogens is 317 g/mol. The summed E-state index contributed by atoms with van der Waals surface area (Å²) in [6.07, 6.45) is -0.670. The molecule has 22 heavy (non-hydrogen) atoms. The Bertz CT molecular complexity index is 532. The van der Waals surface area contributed by atoms with E-state index in [9.17, 15) is 18.0 Å². The molecule has 1 aliphatic heterocycles. The molecule has 3 nitrogen and oxygen atoms in total. The number of ketones is 1. The van der Waals surface area contributed by atoms with Crippen molar-refractivity contribution in [3.8, 4) is 0 Å². The van der Waals surface area contributed by atoms with Gasteiger partial charge in [-0.25, -0.2) is 0 Å². The smallest absolute Gasteiger partial charge is 0.345 e. The molecule has 0 saturated carbocycles. The molecule has 0 N–H and O–H groups in total. The van der Waals surface area contributed by atoms with Gasteiger partial charge < -0.3 is 9.47 Å². The van der Waals surface area contributed by atoms with E-state index in [1.54, 1.807) is 11.8 Å². The fraction of sp³-hybridized carbons (Fsp3) is 0.400. The van der Waals surface area contributed by atoms with Crippen molar-refractivity contribution >= 4 is 23.6 Å². The first-order valence-corrected chi connectivity index (χ1v) is 7.84. The second kappa shape index (κ2) is 7.30. The van der Waals surface area contributed by atoms with Crippen molar-refractivity contribution in [1.29, 1.82) is 0 Å². The average molecular weight is 332 g/mol. The molecule has 0 spiro atoms. The molecule has 0 unspecified atom stereocenters. The summed E-state index contributed by atoms with van der Waals surface area (Å²) in [6.45, 7) is 0.872. The van der Waals surface area contributed by atoms with E-state index in [0.29, 0.717) is 18.8 Å². The fourth-order valence-electron chi connectivity index (χ4n) is 1.83. The van der Waals surface area contributed by atoms with E-state index in [4.69, 9.17) is 9.47 Å². The van der Waals surface area contributed by atoms with Gasteiger partial charge in [-0.2, -0.15) is 24.9 Å². The molecule has 2 rings (SSSR count). The summed E-state index contributed by atoms with van der Waals surface area (Å²) in [7, 11) is 0. The number of rotatable bonds is 4. The van der Waals surface area contributed by atoms with Crippen molar-refractivity contribution < 1.29 is 27.4 Å². The van der Waals surface area contributed by atoms with E-state index in [1.165, 1.54) is 24.3 Å². The summed E-state index contributed by atoms with van der Waals surface area (Å²) in [4.78, 5) is 11.9. The average Bonchev–Trinajstić information content (AvgIpc) is 2.52. The standard InChI is InChI=1S/C15H15F3O3S/c1-22-12-8-20-14(21-9-12)13(19)7-4-10-2-5-11(6-3-10)15(16,17)18/h2-7,12,14H,8-9H2,1H3. The van der Waals surface area contributed by atoms with Crippen LogP contribution in [-0.4, -0.2) is 36.8 Å². The molecule has 0 aliphatic carbocycles. The van der Waals surface area contributed by atoms with E-state index in [-0.39, 0.29) is 11.0 Å². The number of ether oxygens (including phenoxy) is 2. The Morgan fingerprint density at radius 3 is 2.32 bits per heavy atom. The Kier molecular flexibility index (Phi) is 5.66. The van der Waals surface area contributed by atoms with Crippen LogP contribution in [0.2, 0.25) is 0 Å². The number of benzene rings is 1. The van der Waals surface area contributed by atoms with Gasteiger partial charge in [-0.1, -0.05) is 18.2 Å². The van der Waals surface area contributed by atoms with Crippen molar-refractivity contribution in [2.24, 2.45) is 0 Å². The van der Waals surface area contributed by atoms with Crippen molar-refractivity contribution in [2.45, 2.75) is 17.7 Å². The van der Waals surface area contributed by atoms with Crippen molar-refractivity contribution in [1.82, 2.24) is 0 Å². The highest BCUT2D eigenvalue weighted by atomic mass is 32.2. The number of halogens is 3. The number of thioether (sulfide) groups is 1. The molecule has 0 amide bonds. The summed E-state index contributed by atoms with van der Waals surface area (Å²) < 4.78 is 47.9. The van der Waals surface area contributed by atoms with Crippen molar-refractivity contribution in [2.75, 3.05) is 19.5 Å². The van der Waals surface area contributed by atoms with Crippen LogP contribution in [0.1, 0.15) is 11.1 Å². The SMILES string of the molecule is CSC1COC(C(=O)C=Cc2ccc(C(F)(F)F)cc2)OC1. The first-order chi connectivity index (χ1) is 10.4. The van der Waals surface area contributed by atoms with Crippen LogP contribution in [0, 0.1) is 0 Å². The summed E-state index contributed by atoms with van der Waals surface area (Å²) in [5.74, 6) is -0.362. The lowest BCUT2D eigenvalue weighted by atomic mass is 10.1. The molecule has 1 saturated heterocycles. The third-order valence-electron chi connectivity index (χ3n) is 3.11. The van der Waals surface area contributed by atoms with Gasteiger partial charge in [0.2, 0.25) is 12.1 Å². The Hall–Kier alpha value is -1.31. The normalized spacial score (nSPS) is 22.9. The van der Waals surface area contributed by atoms with Crippen LogP contribution in [0.3, 0.4) is 0 Å². The van der Waals surface area contributed by atoms with Crippen LogP contribution < -0.4 is 0 Å². The van der Waals surface area contributed by atoms with Crippen LogP contribution in [0.15, 0.2) is 30.3 Å². The third kappa shape index (κ3) is 4.59. The first-order valence-electron chi connectivity index (χ1n) is 6.55. The maximum Gasteiger partial charge on any atom is 0.416 e. The van der Waals surface area contributed by atoms with Gasteiger partial charge in [0, 0.05) is 0 Å². The van der Waals surface area contributed by atoms with Crippen LogP contribution in [0.5, 0.6) is 0 Å². The zero-order valence-electron chi connectivity index (χ0n) is 11.8. The molecule has 0 bridgehead atoms. The predicted octanol–water partition coefficient (Wildman–Crippen LogP) is 3.39. The minimum Gasteiger partial charge on any atom is -0.345 e. The minimum absolute atomic E-state index is 0.211. The van der Waals surface area contributed by atoms with E-state index in [2.05, 4.69) is 0 Å². The predicted molar refractivity (Wildman–Crippen MR) is 78.5 cm³/mol. The lowest BCUT2D eigenvalue weighted by Crippen LogP contribution is -2.38. The highest BCUT2D eigenvalue weighted by molar-refractivity contribution is 7.99. The highest BCUT2D eigenvalue weighted by Gasteiger charge is 2.30. The minimum atomic E-state index is -4.37. The van der Waals surface area contributed by atoms with Gasteiger partial charge in [0.15, 0.2) is 0 Å². The second-order valence-corrected chi connectivity index (χ2v) is 5.85. The van der Waals surface area contributed by atoms with Gasteiger partial charge in [-0.15, -0.1) is 0 Å². The molecule has 0 aromatic heterocycles. The number of hydrogen-bond donors (Lipinski definition) is 0. The molecule has 0 atom stereocenters.